The molecule has 156 valence electrons. The van der Waals surface area contributed by atoms with Crippen molar-refractivity contribution in [2.75, 3.05) is 18.4 Å². The first-order valence-corrected chi connectivity index (χ1v) is 10.5. The Balaban J connectivity index is 1.47. The highest BCUT2D eigenvalue weighted by Gasteiger charge is 2.19. The first-order valence-electron chi connectivity index (χ1n) is 10.5. The maximum absolute atomic E-state index is 12.9. The molecule has 2 aromatic carbocycles. The third kappa shape index (κ3) is 4.13. The number of nitrogens with zero attached hydrogens (tertiary/aromatic N) is 2. The minimum atomic E-state index is -0.249. The lowest BCUT2D eigenvalue weighted by atomic mass is 10.1. The first-order chi connectivity index (χ1) is 15.3. The van der Waals surface area contributed by atoms with E-state index in [0.717, 1.165) is 42.8 Å². The Morgan fingerprint density at radius 1 is 1.00 bits per heavy atom. The molecule has 0 unspecified atom stereocenters. The minimum Gasteiger partial charge on any atom is -0.490 e. The van der Waals surface area contributed by atoms with Crippen LogP contribution in [0, 0.1) is 0 Å². The maximum atomic E-state index is 12.9. The number of aromatic amines is 1. The van der Waals surface area contributed by atoms with Gasteiger partial charge >= 0.3 is 0 Å². The summed E-state index contributed by atoms with van der Waals surface area (Å²) in [5.41, 5.74) is 2.78. The molecule has 1 fully saturated rings. The summed E-state index contributed by atoms with van der Waals surface area (Å²) in [7, 11) is 0. The van der Waals surface area contributed by atoms with Gasteiger partial charge in [0.2, 0.25) is 0 Å². The monoisotopic (exact) mass is 413 g/mol. The van der Waals surface area contributed by atoms with Crippen LogP contribution in [0.5, 0.6) is 5.75 Å². The van der Waals surface area contributed by atoms with E-state index >= 15 is 0 Å². The second-order valence-corrected chi connectivity index (χ2v) is 7.52. The molecule has 3 heterocycles. The molecular formula is C24H23N5O2. The van der Waals surface area contributed by atoms with E-state index in [9.17, 15) is 4.79 Å². The van der Waals surface area contributed by atoms with Crippen molar-refractivity contribution in [1.29, 1.82) is 0 Å². The van der Waals surface area contributed by atoms with Crippen LogP contribution in [-0.4, -0.2) is 40.1 Å². The van der Waals surface area contributed by atoms with Gasteiger partial charge in [0.05, 0.1) is 16.6 Å². The van der Waals surface area contributed by atoms with Crippen molar-refractivity contribution in [3.63, 3.8) is 0 Å². The molecule has 1 aliphatic heterocycles. The normalized spacial score (nSPS) is 14.5. The van der Waals surface area contributed by atoms with Crippen molar-refractivity contribution in [2.24, 2.45) is 0 Å². The molecule has 0 aliphatic carbocycles. The number of H-pyrrole nitrogens is 1. The van der Waals surface area contributed by atoms with Crippen LogP contribution in [0.25, 0.3) is 22.4 Å². The molecule has 5 rings (SSSR count). The van der Waals surface area contributed by atoms with Crippen LogP contribution < -0.4 is 15.4 Å². The molecule has 0 atom stereocenters. The molecule has 1 saturated heterocycles. The minimum absolute atomic E-state index is 0.187. The summed E-state index contributed by atoms with van der Waals surface area (Å²) >= 11 is 0. The standard InChI is InChI=1S/C24H23N5O2/c30-24(28-21-10-3-4-13-26-21)18-7-5-8-19-22(18)29-23(27-19)17-6-1-2-9-20(17)31-16-11-14-25-15-12-16/h1-10,13,16,25H,11-12,14-15H2,(H,27,29)(H,26,28,30). The smallest absolute Gasteiger partial charge is 0.259 e. The molecule has 3 N–H and O–H groups in total. The summed E-state index contributed by atoms with van der Waals surface area (Å²) < 4.78 is 6.31. The second kappa shape index (κ2) is 8.57. The van der Waals surface area contributed by atoms with Crippen molar-refractivity contribution >= 4 is 22.8 Å². The van der Waals surface area contributed by atoms with Crippen LogP contribution in [0.1, 0.15) is 23.2 Å². The van der Waals surface area contributed by atoms with Crippen LogP contribution in [0.3, 0.4) is 0 Å². The zero-order chi connectivity index (χ0) is 21.0. The highest BCUT2D eigenvalue weighted by Crippen LogP contribution is 2.31. The fourth-order valence-corrected chi connectivity index (χ4v) is 3.82. The van der Waals surface area contributed by atoms with E-state index in [-0.39, 0.29) is 12.0 Å². The Kier molecular flexibility index (Phi) is 5.33. The predicted octanol–water partition coefficient (Wildman–Crippen LogP) is 4.01. The summed E-state index contributed by atoms with van der Waals surface area (Å²) in [6.45, 7) is 1.93. The number of piperidine rings is 1. The van der Waals surface area contributed by atoms with E-state index in [1.165, 1.54) is 0 Å². The molecule has 4 aromatic rings. The van der Waals surface area contributed by atoms with E-state index in [0.29, 0.717) is 22.7 Å². The number of benzene rings is 2. The molecule has 7 nitrogen and oxygen atoms in total. The summed E-state index contributed by atoms with van der Waals surface area (Å²) in [6.07, 6.45) is 3.78. The number of hydrogen-bond donors (Lipinski definition) is 3. The third-order valence-electron chi connectivity index (χ3n) is 5.39. The average molecular weight is 413 g/mol. The van der Waals surface area contributed by atoms with Crippen molar-refractivity contribution < 1.29 is 9.53 Å². The van der Waals surface area contributed by atoms with E-state index < -0.39 is 0 Å². The number of pyridine rings is 1. The zero-order valence-electron chi connectivity index (χ0n) is 17.0. The van der Waals surface area contributed by atoms with Crippen molar-refractivity contribution in [2.45, 2.75) is 18.9 Å². The van der Waals surface area contributed by atoms with Crippen LogP contribution in [-0.2, 0) is 0 Å². The van der Waals surface area contributed by atoms with E-state index in [1.54, 1.807) is 24.4 Å². The number of nitrogens with one attached hydrogen (secondary N) is 3. The van der Waals surface area contributed by atoms with E-state index in [1.807, 2.05) is 42.5 Å². The first kappa shape index (κ1) is 19.3. The molecule has 2 aromatic heterocycles. The summed E-state index contributed by atoms with van der Waals surface area (Å²) in [5.74, 6) is 1.73. The Hall–Kier alpha value is -3.71. The number of imidazole rings is 1. The highest BCUT2D eigenvalue weighted by atomic mass is 16.5. The zero-order valence-corrected chi connectivity index (χ0v) is 17.0. The molecule has 0 radical (unpaired) electrons. The fraction of sp³-hybridized carbons (Fsp3) is 0.208. The van der Waals surface area contributed by atoms with Crippen molar-refractivity contribution in [3.8, 4) is 17.1 Å². The predicted molar refractivity (Wildman–Crippen MR) is 120 cm³/mol. The molecule has 0 bridgehead atoms. The van der Waals surface area contributed by atoms with Gasteiger partial charge in [0.25, 0.3) is 5.91 Å². The van der Waals surface area contributed by atoms with Gasteiger partial charge in [0, 0.05) is 6.20 Å². The maximum Gasteiger partial charge on any atom is 0.259 e. The van der Waals surface area contributed by atoms with E-state index in [4.69, 9.17) is 9.72 Å². The number of amides is 1. The molecule has 0 spiro atoms. The Morgan fingerprint density at radius 3 is 2.68 bits per heavy atom. The van der Waals surface area contributed by atoms with Crippen LogP contribution in [0.15, 0.2) is 66.9 Å². The van der Waals surface area contributed by atoms with Crippen molar-refractivity contribution in [1.82, 2.24) is 20.3 Å². The van der Waals surface area contributed by atoms with Gasteiger partial charge in [-0.25, -0.2) is 9.97 Å². The lowest BCUT2D eigenvalue weighted by Gasteiger charge is -2.24. The molecular weight excluding hydrogens is 390 g/mol. The van der Waals surface area contributed by atoms with Gasteiger partial charge in [-0.15, -0.1) is 0 Å². The topological polar surface area (TPSA) is 91.9 Å². The Bertz CT molecular complexity index is 1200. The SMILES string of the molecule is O=C(Nc1ccccn1)c1cccc2[nH]c(-c3ccccc3OC3CCNCC3)nc12. The van der Waals surface area contributed by atoms with Gasteiger partial charge in [-0.3, -0.25) is 4.79 Å². The number of anilines is 1. The summed E-state index contributed by atoms with van der Waals surface area (Å²) in [4.78, 5) is 25.2. The number of carbonyl (C=O) groups excluding carboxylic acids is 1. The number of ether oxygens (including phenoxy) is 1. The lowest BCUT2D eigenvalue weighted by Crippen LogP contribution is -2.34. The van der Waals surface area contributed by atoms with Gasteiger partial charge < -0.3 is 20.4 Å². The number of fused-ring (bicyclic) bond motifs is 1. The average Bonchev–Trinajstić information content (AvgIpc) is 3.25. The van der Waals surface area contributed by atoms with Gasteiger partial charge in [-0.05, 0) is 62.3 Å². The quantitative estimate of drug-likeness (QED) is 0.460. The highest BCUT2D eigenvalue weighted by molar-refractivity contribution is 6.11. The molecule has 1 aliphatic rings. The van der Waals surface area contributed by atoms with E-state index in [2.05, 4.69) is 20.6 Å². The lowest BCUT2D eigenvalue weighted by molar-refractivity contribution is 0.102. The molecule has 7 heteroatoms. The van der Waals surface area contributed by atoms with Gasteiger partial charge in [0.1, 0.15) is 29.0 Å². The Labute approximate surface area is 179 Å². The third-order valence-corrected chi connectivity index (χ3v) is 5.39. The molecule has 31 heavy (non-hydrogen) atoms. The number of rotatable bonds is 5. The van der Waals surface area contributed by atoms with Crippen molar-refractivity contribution in [3.05, 3.63) is 72.4 Å². The largest absolute Gasteiger partial charge is 0.490 e. The summed E-state index contributed by atoms with van der Waals surface area (Å²) in [6, 6.07) is 18.8. The van der Waals surface area contributed by atoms with Gasteiger partial charge in [-0.2, -0.15) is 0 Å². The Morgan fingerprint density at radius 2 is 1.84 bits per heavy atom. The molecule has 1 amide bonds. The van der Waals surface area contributed by atoms with Gasteiger partial charge in [-0.1, -0.05) is 24.3 Å². The number of carbonyl (C=O) groups is 1. The van der Waals surface area contributed by atoms with Crippen LogP contribution in [0.2, 0.25) is 0 Å². The second-order valence-electron chi connectivity index (χ2n) is 7.52. The van der Waals surface area contributed by atoms with Crippen LogP contribution in [0.4, 0.5) is 5.82 Å². The van der Waals surface area contributed by atoms with Gasteiger partial charge in [0.15, 0.2) is 0 Å². The summed E-state index contributed by atoms with van der Waals surface area (Å²) in [5, 5.41) is 6.19. The number of aromatic nitrogens is 3. The fourth-order valence-electron chi connectivity index (χ4n) is 3.82. The number of para-hydroxylation sites is 2. The number of hydrogen-bond acceptors (Lipinski definition) is 5. The molecule has 0 saturated carbocycles. The van der Waals surface area contributed by atoms with Crippen LogP contribution >= 0.6 is 0 Å².